The Morgan fingerprint density at radius 2 is 1.90 bits per heavy atom. The van der Waals surface area contributed by atoms with Crippen molar-refractivity contribution in [1.82, 2.24) is 5.32 Å². The van der Waals surface area contributed by atoms with Crippen LogP contribution in [0.25, 0.3) is 0 Å². The van der Waals surface area contributed by atoms with Crippen molar-refractivity contribution in [3.8, 4) is 0 Å². The zero-order valence-electron chi connectivity index (χ0n) is 12.2. The Kier molecular flexibility index (Phi) is 4.94. The van der Waals surface area contributed by atoms with E-state index in [1.807, 2.05) is 26.0 Å². The molecule has 1 aromatic carbocycles. The summed E-state index contributed by atoms with van der Waals surface area (Å²) in [5, 5.41) is 3.51. The van der Waals surface area contributed by atoms with E-state index in [0.29, 0.717) is 11.4 Å². The maximum atomic E-state index is 12.5. The van der Waals surface area contributed by atoms with Gasteiger partial charge in [0.1, 0.15) is 0 Å². The van der Waals surface area contributed by atoms with Crippen LogP contribution in [0.2, 0.25) is 5.02 Å². The van der Waals surface area contributed by atoms with Crippen LogP contribution in [-0.2, 0) is 14.6 Å². The number of hydrogen-bond donors (Lipinski definition) is 1. The van der Waals surface area contributed by atoms with Crippen LogP contribution in [0.3, 0.4) is 0 Å². The number of sulfone groups is 1. The number of amides is 1. The van der Waals surface area contributed by atoms with Crippen molar-refractivity contribution < 1.29 is 13.2 Å². The second kappa shape index (κ2) is 6.36. The molecule has 1 saturated heterocycles. The third kappa shape index (κ3) is 4.20. The van der Waals surface area contributed by atoms with Gasteiger partial charge in [-0.3, -0.25) is 4.79 Å². The van der Waals surface area contributed by atoms with Gasteiger partial charge in [-0.1, -0.05) is 37.6 Å². The fourth-order valence-electron chi connectivity index (χ4n) is 2.71. The summed E-state index contributed by atoms with van der Waals surface area (Å²) >= 11 is 5.88. The Bertz CT molecular complexity index is 610. The van der Waals surface area contributed by atoms with E-state index in [0.717, 1.165) is 5.56 Å². The normalized spacial score (nSPS) is 22.2. The maximum Gasteiger partial charge on any atom is 0.228 e. The van der Waals surface area contributed by atoms with Crippen molar-refractivity contribution in [3.05, 3.63) is 34.9 Å². The van der Waals surface area contributed by atoms with Gasteiger partial charge in [0, 0.05) is 11.1 Å². The molecule has 1 fully saturated rings. The van der Waals surface area contributed by atoms with E-state index in [9.17, 15) is 13.2 Å². The van der Waals surface area contributed by atoms with Gasteiger partial charge in [0.25, 0.3) is 0 Å². The van der Waals surface area contributed by atoms with E-state index in [1.54, 1.807) is 12.1 Å². The summed E-state index contributed by atoms with van der Waals surface area (Å²) in [5.41, 5.74) is 0.896. The van der Waals surface area contributed by atoms with E-state index in [-0.39, 0.29) is 35.3 Å². The zero-order chi connectivity index (χ0) is 15.6. The molecule has 1 aromatic rings. The average molecular weight is 330 g/mol. The molecule has 0 saturated carbocycles. The molecular weight excluding hydrogens is 310 g/mol. The van der Waals surface area contributed by atoms with Crippen LogP contribution in [0.15, 0.2) is 24.3 Å². The summed E-state index contributed by atoms with van der Waals surface area (Å²) in [6.45, 7) is 3.95. The summed E-state index contributed by atoms with van der Waals surface area (Å²) in [5.74, 6) is -0.0979. The monoisotopic (exact) mass is 329 g/mol. The first-order valence-corrected chi connectivity index (χ1v) is 9.25. The Balaban J connectivity index is 2.11. The number of carbonyl (C=O) groups is 1. The highest BCUT2D eigenvalue weighted by atomic mass is 35.5. The number of rotatable bonds is 4. The van der Waals surface area contributed by atoms with E-state index in [4.69, 9.17) is 11.6 Å². The molecule has 0 spiro atoms. The molecular formula is C15H20ClNO3S. The van der Waals surface area contributed by atoms with Crippen LogP contribution in [0, 0.1) is 5.92 Å². The Labute approximate surface area is 130 Å². The van der Waals surface area contributed by atoms with Crippen molar-refractivity contribution in [2.24, 2.45) is 5.92 Å². The Hall–Kier alpha value is -1.07. The number of hydrogen-bond acceptors (Lipinski definition) is 3. The molecule has 1 aliphatic rings. The minimum Gasteiger partial charge on any atom is -0.352 e. The van der Waals surface area contributed by atoms with Crippen molar-refractivity contribution in [3.63, 3.8) is 0 Å². The fraction of sp³-hybridized carbons (Fsp3) is 0.533. The zero-order valence-corrected chi connectivity index (χ0v) is 13.7. The number of carbonyl (C=O) groups excluding carboxylic acids is 1. The first-order valence-electron chi connectivity index (χ1n) is 7.05. The van der Waals surface area contributed by atoms with Crippen LogP contribution in [0.5, 0.6) is 0 Å². The summed E-state index contributed by atoms with van der Waals surface area (Å²) in [4.78, 5) is 12.5. The Morgan fingerprint density at radius 1 is 1.29 bits per heavy atom. The van der Waals surface area contributed by atoms with Gasteiger partial charge in [-0.2, -0.15) is 0 Å². The minimum atomic E-state index is -2.99. The molecule has 4 nitrogen and oxygen atoms in total. The van der Waals surface area contributed by atoms with Crippen LogP contribution in [0.1, 0.15) is 31.7 Å². The lowest BCUT2D eigenvalue weighted by Gasteiger charge is -2.23. The summed E-state index contributed by atoms with van der Waals surface area (Å²) in [6, 6.07) is 6.95. The molecule has 1 amide bonds. The lowest BCUT2D eigenvalue weighted by Crippen LogP contribution is -2.40. The highest BCUT2D eigenvalue weighted by Crippen LogP contribution is 2.26. The topological polar surface area (TPSA) is 63.2 Å². The quantitative estimate of drug-likeness (QED) is 0.922. The molecule has 0 bridgehead atoms. The maximum absolute atomic E-state index is 12.5. The second-order valence-corrected chi connectivity index (χ2v) is 8.55. The van der Waals surface area contributed by atoms with Crippen LogP contribution in [-0.4, -0.2) is 31.9 Å². The van der Waals surface area contributed by atoms with Crippen molar-refractivity contribution >= 4 is 27.3 Å². The van der Waals surface area contributed by atoms with Crippen molar-refractivity contribution in [2.45, 2.75) is 32.2 Å². The van der Waals surface area contributed by atoms with Gasteiger partial charge >= 0.3 is 0 Å². The summed E-state index contributed by atoms with van der Waals surface area (Å²) in [7, 11) is -2.99. The largest absolute Gasteiger partial charge is 0.352 e. The summed E-state index contributed by atoms with van der Waals surface area (Å²) in [6.07, 6.45) is 0.500. The molecule has 6 heteroatoms. The molecule has 0 aliphatic carbocycles. The smallest absolute Gasteiger partial charge is 0.228 e. The first-order chi connectivity index (χ1) is 9.78. The van der Waals surface area contributed by atoms with Crippen LogP contribution in [0.4, 0.5) is 0 Å². The predicted octanol–water partition coefficient (Wildman–Crippen LogP) is 2.38. The SMILES string of the molecule is CC(C)C(C(=O)NC1CCS(=O)(=O)C1)c1ccc(Cl)cc1. The van der Waals surface area contributed by atoms with Gasteiger partial charge in [0.15, 0.2) is 9.84 Å². The fourth-order valence-corrected chi connectivity index (χ4v) is 4.51. The van der Waals surface area contributed by atoms with Crippen molar-refractivity contribution in [2.75, 3.05) is 11.5 Å². The van der Waals surface area contributed by atoms with E-state index in [1.165, 1.54) is 0 Å². The minimum absolute atomic E-state index is 0.0458. The molecule has 2 unspecified atom stereocenters. The van der Waals surface area contributed by atoms with Gasteiger partial charge < -0.3 is 5.32 Å². The van der Waals surface area contributed by atoms with E-state index < -0.39 is 9.84 Å². The average Bonchev–Trinajstić information content (AvgIpc) is 2.71. The predicted molar refractivity (Wildman–Crippen MR) is 84.2 cm³/mol. The molecule has 1 heterocycles. The van der Waals surface area contributed by atoms with Gasteiger partial charge in [-0.25, -0.2) is 8.42 Å². The lowest BCUT2D eigenvalue weighted by molar-refractivity contribution is -0.124. The molecule has 21 heavy (non-hydrogen) atoms. The molecule has 0 radical (unpaired) electrons. The third-order valence-corrected chi connectivity index (χ3v) is 5.78. The second-order valence-electron chi connectivity index (χ2n) is 5.88. The van der Waals surface area contributed by atoms with Gasteiger partial charge in [-0.05, 0) is 30.0 Å². The lowest BCUT2D eigenvalue weighted by atomic mass is 9.87. The number of nitrogens with one attached hydrogen (secondary N) is 1. The molecule has 1 N–H and O–H groups in total. The first kappa shape index (κ1) is 16.3. The van der Waals surface area contributed by atoms with Crippen LogP contribution < -0.4 is 5.32 Å². The molecule has 116 valence electrons. The summed E-state index contributed by atoms with van der Waals surface area (Å²) < 4.78 is 22.9. The standard InChI is InChI=1S/C15H20ClNO3S/c1-10(2)14(11-3-5-12(16)6-4-11)15(18)17-13-7-8-21(19,20)9-13/h3-6,10,13-14H,7-9H2,1-2H3,(H,17,18). The highest BCUT2D eigenvalue weighted by molar-refractivity contribution is 7.91. The van der Waals surface area contributed by atoms with Gasteiger partial charge in [0.05, 0.1) is 17.4 Å². The van der Waals surface area contributed by atoms with Crippen molar-refractivity contribution in [1.29, 1.82) is 0 Å². The van der Waals surface area contributed by atoms with E-state index in [2.05, 4.69) is 5.32 Å². The van der Waals surface area contributed by atoms with Gasteiger partial charge in [-0.15, -0.1) is 0 Å². The molecule has 1 aliphatic heterocycles. The molecule has 2 rings (SSSR count). The molecule has 0 aromatic heterocycles. The third-order valence-electron chi connectivity index (χ3n) is 3.76. The van der Waals surface area contributed by atoms with Crippen LogP contribution >= 0.6 is 11.6 Å². The highest BCUT2D eigenvalue weighted by Gasteiger charge is 2.32. The van der Waals surface area contributed by atoms with E-state index >= 15 is 0 Å². The number of benzene rings is 1. The van der Waals surface area contributed by atoms with Gasteiger partial charge in [0.2, 0.25) is 5.91 Å². The Morgan fingerprint density at radius 3 is 2.38 bits per heavy atom. The molecule has 2 atom stereocenters. The number of halogens is 1.